The normalized spacial score (nSPS) is 18.2. The molecule has 0 bridgehead atoms. The molecule has 1 rings (SSSR count). The van der Waals surface area contributed by atoms with Gasteiger partial charge in [-0.3, -0.25) is 5.41 Å². The van der Waals surface area contributed by atoms with Crippen molar-refractivity contribution in [3.05, 3.63) is 11.8 Å². The highest BCUT2D eigenvalue weighted by atomic mass is 19.4. The number of alkyl halides is 3. The zero-order valence-corrected chi connectivity index (χ0v) is 10.8. The van der Waals surface area contributed by atoms with Crippen LogP contribution < -0.4 is 0 Å². The van der Waals surface area contributed by atoms with E-state index in [2.05, 4.69) is 0 Å². The molecular weight excluding hydrogens is 243 g/mol. The Labute approximate surface area is 106 Å². The number of nitrogens with one attached hydrogen (secondary N) is 1. The molecule has 0 saturated carbocycles. The average Bonchev–Trinajstić information content (AvgIpc) is 2.34. The molecule has 0 radical (unpaired) electrons. The molecule has 3 nitrogen and oxygen atoms in total. The number of nitrogens with zero attached hydrogens (tertiary/aromatic N) is 2. The Morgan fingerprint density at radius 1 is 1.17 bits per heavy atom. The third-order valence-electron chi connectivity index (χ3n) is 3.12. The summed E-state index contributed by atoms with van der Waals surface area (Å²) in [6, 6.07) is 0. The smallest absolute Gasteiger partial charge is 0.371 e. The summed E-state index contributed by atoms with van der Waals surface area (Å²) in [6.45, 7) is 5.91. The van der Waals surface area contributed by atoms with E-state index in [1.165, 1.54) is 6.08 Å². The van der Waals surface area contributed by atoms with E-state index in [-0.39, 0.29) is 0 Å². The lowest BCUT2D eigenvalue weighted by atomic mass is 10.2. The van der Waals surface area contributed by atoms with Crippen LogP contribution in [0.4, 0.5) is 13.2 Å². The van der Waals surface area contributed by atoms with E-state index in [0.29, 0.717) is 44.1 Å². The van der Waals surface area contributed by atoms with Gasteiger partial charge in [0.2, 0.25) is 0 Å². The predicted octanol–water partition coefficient (Wildman–Crippen LogP) is 2.85. The van der Waals surface area contributed by atoms with Gasteiger partial charge in [-0.15, -0.1) is 0 Å². The molecule has 104 valence electrons. The molecule has 1 aliphatic rings. The summed E-state index contributed by atoms with van der Waals surface area (Å²) in [5.74, 6) is 0.562. The molecule has 18 heavy (non-hydrogen) atoms. The monoisotopic (exact) mass is 263 g/mol. The highest BCUT2D eigenvalue weighted by molar-refractivity contribution is 5.78. The van der Waals surface area contributed by atoms with Gasteiger partial charge in [-0.25, -0.2) is 0 Å². The first-order valence-corrected chi connectivity index (χ1v) is 6.16. The molecule has 0 spiro atoms. The molecule has 0 atom stereocenters. The summed E-state index contributed by atoms with van der Waals surface area (Å²) in [4.78, 5) is 3.70. The van der Waals surface area contributed by atoms with Gasteiger partial charge in [0.15, 0.2) is 0 Å². The van der Waals surface area contributed by atoms with Crippen molar-refractivity contribution in [3.63, 3.8) is 0 Å². The Bertz CT molecular complexity index is 315. The summed E-state index contributed by atoms with van der Waals surface area (Å²) in [7, 11) is 0. The van der Waals surface area contributed by atoms with Crippen molar-refractivity contribution in [3.8, 4) is 0 Å². The quantitative estimate of drug-likeness (QED) is 0.627. The molecular formula is C12H20F3N3. The Balaban J connectivity index is 2.53. The Hall–Kier alpha value is -1.20. The molecule has 0 unspecified atom stereocenters. The van der Waals surface area contributed by atoms with Gasteiger partial charge in [-0.1, -0.05) is 13.0 Å². The van der Waals surface area contributed by atoms with Crippen LogP contribution in [0.25, 0.3) is 0 Å². The maximum absolute atomic E-state index is 12.4. The van der Waals surface area contributed by atoms with Crippen LogP contribution in [0, 0.1) is 5.41 Å². The van der Waals surface area contributed by atoms with Gasteiger partial charge in [0, 0.05) is 38.3 Å². The maximum Gasteiger partial charge on any atom is 0.394 e. The fraction of sp³-hybridized carbons (Fsp3) is 0.750. The van der Waals surface area contributed by atoms with E-state index >= 15 is 0 Å². The van der Waals surface area contributed by atoms with Gasteiger partial charge in [0.05, 0.1) is 12.3 Å². The van der Waals surface area contributed by atoms with E-state index in [0.717, 1.165) is 0 Å². The highest BCUT2D eigenvalue weighted by Crippen LogP contribution is 2.27. The van der Waals surface area contributed by atoms with Crippen molar-refractivity contribution in [2.45, 2.75) is 32.9 Å². The van der Waals surface area contributed by atoms with E-state index < -0.39 is 12.6 Å². The molecule has 0 aromatic heterocycles. The Kier molecular flexibility index (Phi) is 5.04. The van der Waals surface area contributed by atoms with Crippen LogP contribution in [0.3, 0.4) is 0 Å². The molecule has 1 N–H and O–H groups in total. The lowest BCUT2D eigenvalue weighted by Gasteiger charge is -2.38. The van der Waals surface area contributed by atoms with Crippen LogP contribution in [-0.2, 0) is 0 Å². The number of piperazine rings is 1. The van der Waals surface area contributed by atoms with E-state index in [1.807, 2.05) is 11.8 Å². The summed E-state index contributed by atoms with van der Waals surface area (Å²) in [6.07, 6.45) is -2.82. The number of hydrogen-bond donors (Lipinski definition) is 1. The molecule has 0 aromatic rings. The highest BCUT2D eigenvalue weighted by Gasteiger charge is 2.31. The Morgan fingerprint density at radius 3 is 2.06 bits per heavy atom. The zero-order valence-electron chi connectivity index (χ0n) is 10.8. The van der Waals surface area contributed by atoms with Gasteiger partial charge in [0.25, 0.3) is 0 Å². The van der Waals surface area contributed by atoms with E-state index in [4.69, 9.17) is 5.41 Å². The van der Waals surface area contributed by atoms with Gasteiger partial charge in [-0.2, -0.15) is 13.2 Å². The second-order valence-electron chi connectivity index (χ2n) is 4.35. The van der Waals surface area contributed by atoms with Gasteiger partial charge < -0.3 is 9.80 Å². The first kappa shape index (κ1) is 14.9. The van der Waals surface area contributed by atoms with Crippen molar-refractivity contribution < 1.29 is 13.2 Å². The first-order chi connectivity index (χ1) is 8.37. The topological polar surface area (TPSA) is 30.3 Å². The van der Waals surface area contributed by atoms with Crippen LogP contribution in [0.1, 0.15) is 26.7 Å². The molecule has 0 aliphatic carbocycles. The summed E-state index contributed by atoms with van der Waals surface area (Å²) in [5, 5.41) is 7.71. The minimum Gasteiger partial charge on any atom is -0.371 e. The van der Waals surface area contributed by atoms with E-state index in [9.17, 15) is 13.2 Å². The van der Waals surface area contributed by atoms with Gasteiger partial charge in [0.1, 0.15) is 0 Å². The van der Waals surface area contributed by atoms with Crippen LogP contribution in [0.5, 0.6) is 0 Å². The third-order valence-corrected chi connectivity index (χ3v) is 3.12. The van der Waals surface area contributed by atoms with Gasteiger partial charge in [-0.05, 0) is 6.92 Å². The van der Waals surface area contributed by atoms with E-state index in [1.54, 1.807) is 11.8 Å². The predicted molar refractivity (Wildman–Crippen MR) is 65.6 cm³/mol. The number of allylic oxidation sites excluding steroid dienone is 2. The Morgan fingerprint density at radius 2 is 1.67 bits per heavy atom. The van der Waals surface area contributed by atoms with Crippen molar-refractivity contribution in [2.24, 2.45) is 0 Å². The van der Waals surface area contributed by atoms with Crippen LogP contribution >= 0.6 is 0 Å². The number of amidine groups is 1. The van der Waals surface area contributed by atoms with Gasteiger partial charge >= 0.3 is 6.18 Å². The second kappa shape index (κ2) is 6.11. The third kappa shape index (κ3) is 4.23. The maximum atomic E-state index is 12.4. The summed E-state index contributed by atoms with van der Waals surface area (Å²) >= 11 is 0. The minimum absolute atomic E-state index is 0.338. The molecule has 1 aliphatic heterocycles. The largest absolute Gasteiger partial charge is 0.394 e. The molecule has 0 amide bonds. The molecule has 1 heterocycles. The lowest BCUT2D eigenvalue weighted by Crippen LogP contribution is -2.48. The summed E-state index contributed by atoms with van der Waals surface area (Å²) in [5.41, 5.74) is 0.338. The second-order valence-corrected chi connectivity index (χ2v) is 4.35. The molecule has 1 saturated heterocycles. The number of hydrogen-bond acceptors (Lipinski definition) is 2. The zero-order chi connectivity index (χ0) is 13.8. The standard InChI is InChI=1S/C12H20F3N3/c1-3-10(9-12(13,14)15)17-5-7-18(8-6-17)11(16)4-2/h3,16H,4-9H2,1-2H3/b10-3+,16-11?. The van der Waals surface area contributed by atoms with Crippen molar-refractivity contribution in [1.82, 2.24) is 9.80 Å². The fourth-order valence-electron chi connectivity index (χ4n) is 2.09. The first-order valence-electron chi connectivity index (χ1n) is 6.16. The lowest BCUT2D eigenvalue weighted by molar-refractivity contribution is -0.131. The molecule has 0 aromatic carbocycles. The minimum atomic E-state index is -4.16. The van der Waals surface area contributed by atoms with Crippen LogP contribution in [0.2, 0.25) is 0 Å². The summed E-state index contributed by atoms with van der Waals surface area (Å²) < 4.78 is 37.2. The van der Waals surface area contributed by atoms with Crippen LogP contribution in [0.15, 0.2) is 11.8 Å². The number of rotatable bonds is 3. The molecule has 6 heteroatoms. The SMILES string of the molecule is C/C=C(\CC(F)(F)F)N1CCN(C(=N)CC)CC1. The number of halogens is 3. The fourth-order valence-corrected chi connectivity index (χ4v) is 2.09. The van der Waals surface area contributed by atoms with Crippen molar-refractivity contribution in [2.75, 3.05) is 26.2 Å². The molecule has 1 fully saturated rings. The van der Waals surface area contributed by atoms with Crippen molar-refractivity contribution in [1.29, 1.82) is 5.41 Å². The van der Waals surface area contributed by atoms with Crippen LogP contribution in [-0.4, -0.2) is 48.0 Å². The average molecular weight is 263 g/mol. The van der Waals surface area contributed by atoms with Crippen molar-refractivity contribution >= 4 is 5.84 Å².